The molecule has 2 spiro atoms. The molecule has 4 fully saturated rings. The Balaban J connectivity index is 1.29. The largest absolute Gasteiger partial charge is 0.493 e. The van der Waals surface area contributed by atoms with Gasteiger partial charge in [-0.1, -0.05) is 35.3 Å². The first-order valence-corrected chi connectivity index (χ1v) is 13.8. The Morgan fingerprint density at radius 2 is 1.94 bits per heavy atom. The summed E-state index contributed by atoms with van der Waals surface area (Å²) < 4.78 is 25.8. The first-order valence-electron chi connectivity index (χ1n) is 13.0. The van der Waals surface area contributed by atoms with Crippen molar-refractivity contribution in [3.05, 3.63) is 57.1 Å². The Kier molecular flexibility index (Phi) is 5.25. The number of nitrogens with zero attached hydrogens (tertiary/aromatic N) is 1. The summed E-state index contributed by atoms with van der Waals surface area (Å²) in [6.07, 6.45) is 5.38. The molecule has 4 bridgehead atoms. The Morgan fingerprint density at radius 1 is 1.08 bits per heavy atom. The average Bonchev–Trinajstić information content (AvgIpc) is 3.25. The van der Waals surface area contributed by atoms with Crippen molar-refractivity contribution in [3.8, 4) is 11.5 Å². The van der Waals surface area contributed by atoms with Gasteiger partial charge in [-0.25, -0.2) is 0 Å². The number of methoxy groups -OCH3 is 2. The maximum absolute atomic E-state index is 7.03. The summed E-state index contributed by atoms with van der Waals surface area (Å²) in [4.78, 5) is 2.62. The van der Waals surface area contributed by atoms with Gasteiger partial charge in [-0.15, -0.1) is 0 Å². The molecule has 5 nitrogen and oxygen atoms in total. The fourth-order valence-corrected chi connectivity index (χ4v) is 9.44. The fourth-order valence-electron chi connectivity index (χ4n) is 9.12. The monoisotopic (exact) mass is 529 g/mol. The number of rotatable bonds is 6. The van der Waals surface area contributed by atoms with E-state index in [9.17, 15) is 0 Å². The van der Waals surface area contributed by atoms with E-state index in [0.717, 1.165) is 55.7 Å². The predicted molar refractivity (Wildman–Crippen MR) is 139 cm³/mol. The Morgan fingerprint density at radius 3 is 2.72 bits per heavy atom. The van der Waals surface area contributed by atoms with Crippen LogP contribution in [0.4, 0.5) is 0 Å². The Labute approximate surface area is 222 Å². The molecular weight excluding hydrogens is 497 g/mol. The van der Waals surface area contributed by atoms with Gasteiger partial charge in [0.25, 0.3) is 0 Å². The molecule has 0 unspecified atom stereocenters. The van der Waals surface area contributed by atoms with E-state index in [-0.39, 0.29) is 22.9 Å². The normalized spacial score (nSPS) is 37.5. The third-order valence-electron chi connectivity index (χ3n) is 10.5. The van der Waals surface area contributed by atoms with E-state index < -0.39 is 5.60 Å². The zero-order chi connectivity index (χ0) is 24.9. The van der Waals surface area contributed by atoms with E-state index >= 15 is 0 Å². The lowest BCUT2D eigenvalue weighted by atomic mass is 9.35. The van der Waals surface area contributed by atoms with E-state index in [2.05, 4.69) is 24.1 Å². The van der Waals surface area contributed by atoms with Crippen LogP contribution in [0.25, 0.3) is 0 Å². The number of hydrogen-bond acceptors (Lipinski definition) is 5. The topological polar surface area (TPSA) is 40.2 Å². The van der Waals surface area contributed by atoms with Gasteiger partial charge in [-0.2, -0.15) is 0 Å². The van der Waals surface area contributed by atoms with Gasteiger partial charge in [0.05, 0.1) is 30.4 Å². The maximum Gasteiger partial charge on any atom is 0.165 e. The van der Waals surface area contributed by atoms with Crippen LogP contribution in [-0.4, -0.2) is 57.1 Å². The van der Waals surface area contributed by atoms with Crippen molar-refractivity contribution in [2.75, 3.05) is 34.4 Å². The van der Waals surface area contributed by atoms with Crippen LogP contribution in [0.15, 0.2) is 30.3 Å². The van der Waals surface area contributed by atoms with Gasteiger partial charge >= 0.3 is 0 Å². The van der Waals surface area contributed by atoms with E-state index in [1.807, 2.05) is 25.3 Å². The number of piperidine rings is 1. The quantitative estimate of drug-likeness (QED) is 0.482. The molecule has 7 heteroatoms. The van der Waals surface area contributed by atoms with Crippen LogP contribution >= 0.6 is 23.2 Å². The van der Waals surface area contributed by atoms with E-state index in [1.54, 1.807) is 7.11 Å². The molecule has 0 radical (unpaired) electrons. The molecule has 2 aromatic carbocycles. The summed E-state index contributed by atoms with van der Waals surface area (Å²) in [6.45, 7) is 2.21. The van der Waals surface area contributed by atoms with E-state index in [1.165, 1.54) is 11.1 Å². The number of halogens is 2. The zero-order valence-corrected chi connectivity index (χ0v) is 22.6. The molecule has 1 saturated heterocycles. The second-order valence-electron chi connectivity index (χ2n) is 11.5. The molecule has 2 aromatic rings. The molecule has 192 valence electrons. The first-order chi connectivity index (χ1) is 17.4. The third-order valence-corrected chi connectivity index (χ3v) is 11.3. The third kappa shape index (κ3) is 2.74. The molecule has 0 N–H and O–H groups in total. The molecule has 2 heterocycles. The highest BCUT2D eigenvalue weighted by Gasteiger charge is 2.80. The highest BCUT2D eigenvalue weighted by Crippen LogP contribution is 2.76. The average molecular weight is 530 g/mol. The molecule has 36 heavy (non-hydrogen) atoms. The van der Waals surface area contributed by atoms with Crippen LogP contribution < -0.4 is 9.47 Å². The molecule has 6 atom stereocenters. The van der Waals surface area contributed by atoms with Crippen LogP contribution in [0.2, 0.25) is 10.0 Å². The molecule has 8 rings (SSSR count). The molecule has 3 saturated carbocycles. The Bertz CT molecular complexity index is 1240. The lowest BCUT2D eigenvalue weighted by Crippen LogP contribution is -2.81. The molecule has 0 amide bonds. The predicted octanol–water partition coefficient (Wildman–Crippen LogP) is 5.66. The van der Waals surface area contributed by atoms with Gasteiger partial charge in [-0.3, -0.25) is 0 Å². The standard InChI is InChI=1S/C29H33Cl2NO4/c1-32-11-10-28-24-18-5-7-22(33-2)25(24)36-26(28)29(34-3)9-8-27(28,23(32)13-18)14-19(29)16-35-15-17-4-6-20(30)21(31)12-17/h4-7,12,19,23,26H,8-11,13-16H2,1-3H3/t19-,23-,26-,27-,28+,29-/m1/s1. The summed E-state index contributed by atoms with van der Waals surface area (Å²) in [5.74, 6) is 2.06. The zero-order valence-electron chi connectivity index (χ0n) is 21.1. The van der Waals surface area contributed by atoms with Crippen molar-refractivity contribution in [2.45, 2.75) is 61.9 Å². The van der Waals surface area contributed by atoms with Crippen molar-refractivity contribution < 1.29 is 18.9 Å². The van der Waals surface area contributed by atoms with Crippen LogP contribution in [0, 0.1) is 11.3 Å². The van der Waals surface area contributed by atoms with Crippen LogP contribution in [0.5, 0.6) is 11.5 Å². The molecule has 2 aliphatic heterocycles. The van der Waals surface area contributed by atoms with E-state index in [0.29, 0.717) is 29.3 Å². The van der Waals surface area contributed by atoms with Crippen molar-refractivity contribution in [1.29, 1.82) is 0 Å². The summed E-state index contributed by atoms with van der Waals surface area (Å²) in [5, 5.41) is 1.12. The van der Waals surface area contributed by atoms with Gasteiger partial charge in [0.15, 0.2) is 11.5 Å². The van der Waals surface area contributed by atoms with E-state index in [4.69, 9.17) is 42.1 Å². The number of likely N-dealkylation sites (tertiary alicyclic amines) is 1. The van der Waals surface area contributed by atoms with Crippen LogP contribution in [0.3, 0.4) is 0 Å². The smallest absolute Gasteiger partial charge is 0.165 e. The van der Waals surface area contributed by atoms with Gasteiger partial charge in [0.1, 0.15) is 11.7 Å². The number of fused-ring (bicyclic) bond motifs is 2. The fraction of sp³-hybridized carbons (Fsp3) is 0.586. The number of likely N-dealkylation sites (N-methyl/N-ethyl adjacent to an activating group) is 1. The highest BCUT2D eigenvalue weighted by atomic mass is 35.5. The molecule has 6 aliphatic rings. The SMILES string of the molecule is COc1ccc2c3c1O[C@H]1[C@@]4(OC)CC[C@@]5(C[C@@H]4COCc4ccc(Cl)c(Cl)c4)[C@@H](C2)N(C)CC[C@]315. The summed E-state index contributed by atoms with van der Waals surface area (Å²) in [7, 11) is 5.94. The van der Waals surface area contributed by atoms with Crippen molar-refractivity contribution in [3.63, 3.8) is 0 Å². The van der Waals surface area contributed by atoms with Crippen molar-refractivity contribution >= 4 is 23.2 Å². The van der Waals surface area contributed by atoms with Gasteiger partial charge in [-0.05, 0) is 75.0 Å². The lowest BCUT2D eigenvalue weighted by Gasteiger charge is -2.73. The van der Waals surface area contributed by atoms with Gasteiger partial charge < -0.3 is 23.8 Å². The minimum atomic E-state index is -0.390. The summed E-state index contributed by atoms with van der Waals surface area (Å²) in [5.41, 5.74) is 3.61. The number of benzene rings is 2. The minimum Gasteiger partial charge on any atom is -0.493 e. The Hall–Kier alpha value is -1.50. The first kappa shape index (κ1) is 23.6. The van der Waals surface area contributed by atoms with Crippen LogP contribution in [0.1, 0.15) is 42.4 Å². The van der Waals surface area contributed by atoms with Crippen molar-refractivity contribution in [2.24, 2.45) is 11.3 Å². The van der Waals surface area contributed by atoms with Crippen molar-refractivity contribution in [1.82, 2.24) is 4.90 Å². The number of ether oxygens (including phenoxy) is 4. The van der Waals surface area contributed by atoms with Crippen LogP contribution in [-0.2, 0) is 27.9 Å². The second kappa shape index (κ2) is 8.00. The lowest BCUT2D eigenvalue weighted by molar-refractivity contribution is -0.282. The van der Waals surface area contributed by atoms with Gasteiger partial charge in [0, 0.05) is 35.5 Å². The molecule has 4 aliphatic carbocycles. The minimum absolute atomic E-state index is 0.0300. The second-order valence-corrected chi connectivity index (χ2v) is 12.3. The maximum atomic E-state index is 7.03. The van der Waals surface area contributed by atoms with Gasteiger partial charge in [0.2, 0.25) is 0 Å². The molecular formula is C29H33Cl2NO4. The summed E-state index contributed by atoms with van der Waals surface area (Å²) in [6, 6.07) is 10.6. The number of hydrogen-bond donors (Lipinski definition) is 0. The highest BCUT2D eigenvalue weighted by molar-refractivity contribution is 6.42. The summed E-state index contributed by atoms with van der Waals surface area (Å²) >= 11 is 12.3. The molecule has 0 aromatic heterocycles.